The molecule has 25 heavy (non-hydrogen) atoms. The molecule has 0 aliphatic heterocycles. The lowest BCUT2D eigenvalue weighted by molar-refractivity contribution is 0.195. The van der Waals surface area contributed by atoms with E-state index in [0.717, 1.165) is 29.7 Å². The molecule has 0 saturated heterocycles. The van der Waals surface area contributed by atoms with Crippen molar-refractivity contribution in [1.29, 1.82) is 0 Å². The summed E-state index contributed by atoms with van der Waals surface area (Å²) in [5.41, 5.74) is 2.34. The molecule has 1 aromatic carbocycles. The number of rotatable bonds is 4. The first-order valence-electron chi connectivity index (χ1n) is 8.57. The zero-order valence-corrected chi connectivity index (χ0v) is 14.4. The summed E-state index contributed by atoms with van der Waals surface area (Å²) in [7, 11) is 1.83. The number of nitrogens with zero attached hydrogens (tertiary/aromatic N) is 2. The van der Waals surface area contributed by atoms with Crippen molar-refractivity contribution < 1.29 is 9.21 Å². The summed E-state index contributed by atoms with van der Waals surface area (Å²) >= 11 is 0. The molecule has 5 nitrogen and oxygen atoms in total. The molecule has 1 fully saturated rings. The van der Waals surface area contributed by atoms with Gasteiger partial charge in [-0.2, -0.15) is 0 Å². The number of benzene rings is 1. The highest BCUT2D eigenvalue weighted by atomic mass is 16.3. The highest BCUT2D eigenvalue weighted by Crippen LogP contribution is 2.43. The quantitative estimate of drug-likeness (QED) is 0.748. The SMILES string of the molecule is Cc1cc2cccc(NC(=O)N(C)[C@@H](c3ccccn3)C3CC3)c2o1. The fourth-order valence-corrected chi connectivity index (χ4v) is 3.34. The lowest BCUT2D eigenvalue weighted by atomic mass is 10.1. The Kier molecular flexibility index (Phi) is 3.92. The van der Waals surface area contributed by atoms with Crippen LogP contribution in [0.25, 0.3) is 11.0 Å². The van der Waals surface area contributed by atoms with Crippen LogP contribution in [0.4, 0.5) is 10.5 Å². The molecule has 0 bridgehead atoms. The zero-order chi connectivity index (χ0) is 17.4. The van der Waals surface area contributed by atoms with Crippen LogP contribution in [0.3, 0.4) is 0 Å². The number of carbonyl (C=O) groups is 1. The van der Waals surface area contributed by atoms with E-state index in [0.29, 0.717) is 17.2 Å². The van der Waals surface area contributed by atoms with Crippen molar-refractivity contribution in [3.63, 3.8) is 0 Å². The molecule has 5 heteroatoms. The van der Waals surface area contributed by atoms with E-state index in [9.17, 15) is 4.79 Å². The van der Waals surface area contributed by atoms with Gasteiger partial charge in [-0.25, -0.2) is 4.79 Å². The maximum absolute atomic E-state index is 12.9. The molecule has 1 aliphatic carbocycles. The van der Waals surface area contributed by atoms with Gasteiger partial charge in [-0.3, -0.25) is 4.98 Å². The zero-order valence-electron chi connectivity index (χ0n) is 14.4. The minimum atomic E-state index is -0.149. The number of pyridine rings is 1. The summed E-state index contributed by atoms with van der Waals surface area (Å²) in [6, 6.07) is 13.4. The van der Waals surface area contributed by atoms with E-state index in [4.69, 9.17) is 4.42 Å². The maximum atomic E-state index is 12.9. The van der Waals surface area contributed by atoms with E-state index in [1.807, 2.05) is 56.4 Å². The van der Waals surface area contributed by atoms with Crippen molar-refractivity contribution in [2.24, 2.45) is 5.92 Å². The number of aryl methyl sites for hydroxylation is 1. The van der Waals surface area contributed by atoms with Gasteiger partial charge in [0.05, 0.1) is 17.4 Å². The first-order chi connectivity index (χ1) is 12.1. The van der Waals surface area contributed by atoms with Crippen LogP contribution in [0, 0.1) is 12.8 Å². The Morgan fingerprint density at radius 2 is 2.12 bits per heavy atom. The second-order valence-corrected chi connectivity index (χ2v) is 6.66. The highest BCUT2D eigenvalue weighted by molar-refractivity contribution is 5.99. The topological polar surface area (TPSA) is 58.4 Å². The number of carbonyl (C=O) groups excluding carboxylic acids is 1. The molecular weight excluding hydrogens is 314 g/mol. The summed E-state index contributed by atoms with van der Waals surface area (Å²) in [5, 5.41) is 3.98. The molecule has 1 saturated carbocycles. The van der Waals surface area contributed by atoms with Crippen LogP contribution in [-0.4, -0.2) is 23.0 Å². The number of anilines is 1. The Hall–Kier alpha value is -2.82. The monoisotopic (exact) mass is 335 g/mol. The molecule has 2 amide bonds. The van der Waals surface area contributed by atoms with E-state index in [-0.39, 0.29) is 12.1 Å². The van der Waals surface area contributed by atoms with Crippen LogP contribution in [0.1, 0.15) is 30.3 Å². The second-order valence-electron chi connectivity index (χ2n) is 6.66. The fourth-order valence-electron chi connectivity index (χ4n) is 3.34. The van der Waals surface area contributed by atoms with Crippen molar-refractivity contribution in [2.75, 3.05) is 12.4 Å². The van der Waals surface area contributed by atoms with Crippen molar-refractivity contribution in [3.8, 4) is 0 Å². The lowest BCUT2D eigenvalue weighted by Crippen LogP contribution is -2.36. The van der Waals surface area contributed by atoms with Gasteiger partial charge in [0.2, 0.25) is 0 Å². The summed E-state index contributed by atoms with van der Waals surface area (Å²) in [5.74, 6) is 1.31. The standard InChI is InChI=1S/C20H21N3O2/c1-13-12-15-6-5-8-17(19(15)25-13)22-20(24)23(2)18(14-9-10-14)16-7-3-4-11-21-16/h3-8,11-12,14,18H,9-10H2,1-2H3,(H,22,24)/t18-/m1/s1. The molecule has 3 aromatic rings. The number of hydrogen-bond acceptors (Lipinski definition) is 3. The van der Waals surface area contributed by atoms with Crippen molar-refractivity contribution in [3.05, 3.63) is 60.1 Å². The number of hydrogen-bond donors (Lipinski definition) is 1. The van der Waals surface area contributed by atoms with Gasteiger partial charge in [-0.15, -0.1) is 0 Å². The van der Waals surface area contributed by atoms with Crippen LogP contribution in [0.2, 0.25) is 0 Å². The molecule has 0 spiro atoms. The molecule has 0 radical (unpaired) electrons. The van der Waals surface area contributed by atoms with Gasteiger partial charge >= 0.3 is 6.03 Å². The first-order valence-corrected chi connectivity index (χ1v) is 8.57. The molecular formula is C20H21N3O2. The van der Waals surface area contributed by atoms with Crippen molar-refractivity contribution >= 4 is 22.7 Å². The summed E-state index contributed by atoms with van der Waals surface area (Å²) in [6.45, 7) is 1.90. The molecule has 1 N–H and O–H groups in total. The van der Waals surface area contributed by atoms with E-state index >= 15 is 0 Å². The predicted octanol–water partition coefficient (Wildman–Crippen LogP) is 4.75. The predicted molar refractivity (Wildman–Crippen MR) is 97.4 cm³/mol. The number of urea groups is 1. The van der Waals surface area contributed by atoms with E-state index < -0.39 is 0 Å². The third kappa shape index (κ3) is 3.09. The third-order valence-corrected chi connectivity index (χ3v) is 4.71. The van der Waals surface area contributed by atoms with Gasteiger partial charge in [0, 0.05) is 18.6 Å². The molecule has 0 unspecified atom stereocenters. The first kappa shape index (κ1) is 15.7. The molecule has 2 heterocycles. The summed E-state index contributed by atoms with van der Waals surface area (Å²) < 4.78 is 5.74. The Bertz CT molecular complexity index is 900. The van der Waals surface area contributed by atoms with Crippen LogP contribution in [0.5, 0.6) is 0 Å². The number of nitrogens with one attached hydrogen (secondary N) is 1. The Morgan fingerprint density at radius 1 is 1.28 bits per heavy atom. The third-order valence-electron chi connectivity index (χ3n) is 4.71. The highest BCUT2D eigenvalue weighted by Gasteiger charge is 2.37. The molecule has 1 aliphatic rings. The van der Waals surface area contributed by atoms with Crippen LogP contribution in [-0.2, 0) is 0 Å². The minimum absolute atomic E-state index is 0.00117. The van der Waals surface area contributed by atoms with E-state index in [1.54, 1.807) is 11.1 Å². The van der Waals surface area contributed by atoms with Gasteiger partial charge in [0.25, 0.3) is 0 Å². The lowest BCUT2D eigenvalue weighted by Gasteiger charge is -2.28. The van der Waals surface area contributed by atoms with Gasteiger partial charge in [-0.05, 0) is 49.9 Å². The van der Waals surface area contributed by atoms with E-state index in [2.05, 4.69) is 10.3 Å². The largest absolute Gasteiger partial charge is 0.459 e. The van der Waals surface area contributed by atoms with Crippen molar-refractivity contribution in [1.82, 2.24) is 9.88 Å². The van der Waals surface area contributed by atoms with Crippen molar-refractivity contribution in [2.45, 2.75) is 25.8 Å². The Balaban J connectivity index is 1.59. The molecule has 4 rings (SSSR count). The van der Waals surface area contributed by atoms with Gasteiger partial charge in [0.15, 0.2) is 5.58 Å². The molecule has 1 atom stereocenters. The average molecular weight is 335 g/mol. The number of fused-ring (bicyclic) bond motifs is 1. The number of furan rings is 1. The van der Waals surface area contributed by atoms with Gasteiger partial charge in [0.1, 0.15) is 5.76 Å². The Morgan fingerprint density at radius 3 is 2.84 bits per heavy atom. The van der Waals surface area contributed by atoms with Gasteiger partial charge in [-0.1, -0.05) is 18.2 Å². The second kappa shape index (κ2) is 6.24. The average Bonchev–Trinajstić information content (AvgIpc) is 3.36. The summed E-state index contributed by atoms with van der Waals surface area (Å²) in [4.78, 5) is 19.1. The number of amides is 2. The minimum Gasteiger partial charge on any atom is -0.459 e. The van der Waals surface area contributed by atoms with E-state index in [1.165, 1.54) is 0 Å². The smallest absolute Gasteiger partial charge is 0.322 e. The fraction of sp³-hybridized carbons (Fsp3) is 0.300. The van der Waals surface area contributed by atoms with Crippen LogP contribution in [0.15, 0.2) is 53.1 Å². The molecule has 128 valence electrons. The summed E-state index contributed by atoms with van der Waals surface area (Å²) in [6.07, 6.45) is 4.04. The van der Waals surface area contributed by atoms with Gasteiger partial charge < -0.3 is 14.6 Å². The Labute approximate surface area is 146 Å². The maximum Gasteiger partial charge on any atom is 0.322 e. The van der Waals surface area contributed by atoms with Crippen LogP contribution >= 0.6 is 0 Å². The van der Waals surface area contributed by atoms with Crippen LogP contribution < -0.4 is 5.32 Å². The number of para-hydroxylation sites is 1. The number of aromatic nitrogens is 1. The normalized spacial score (nSPS) is 15.1. The molecule has 2 aromatic heterocycles.